The first-order valence-electron chi connectivity index (χ1n) is 5.44. The van der Waals surface area contributed by atoms with Crippen LogP contribution in [0.5, 0.6) is 0 Å². The maximum absolute atomic E-state index is 13.6. The lowest BCUT2D eigenvalue weighted by Crippen LogP contribution is -2.04. The van der Waals surface area contributed by atoms with Crippen LogP contribution in [0.1, 0.15) is 17.2 Å². The summed E-state index contributed by atoms with van der Waals surface area (Å²) in [6, 6.07) is 12.1. The number of hydrogen-bond acceptors (Lipinski definition) is 1. The van der Waals surface area contributed by atoms with Crippen molar-refractivity contribution >= 4 is 31.9 Å². The van der Waals surface area contributed by atoms with E-state index in [-0.39, 0.29) is 12.2 Å². The largest absolute Gasteiger partial charge is 0.388 e. The Hall–Kier alpha value is -0.710. The molecule has 0 aliphatic rings. The molecule has 2 aromatic rings. The number of aliphatic hydroxyl groups excluding tert-OH is 1. The SMILES string of the molecule is OC(Cc1cc(Br)ccc1F)c1ccccc1Br. The number of benzene rings is 2. The summed E-state index contributed by atoms with van der Waals surface area (Å²) < 4.78 is 15.2. The second-order valence-electron chi connectivity index (χ2n) is 3.98. The Morgan fingerprint density at radius 1 is 1.11 bits per heavy atom. The van der Waals surface area contributed by atoms with Gasteiger partial charge in [-0.15, -0.1) is 0 Å². The van der Waals surface area contributed by atoms with E-state index in [9.17, 15) is 9.50 Å². The van der Waals surface area contributed by atoms with Crippen molar-refractivity contribution in [1.29, 1.82) is 0 Å². The van der Waals surface area contributed by atoms with E-state index >= 15 is 0 Å². The summed E-state index contributed by atoms with van der Waals surface area (Å²) in [4.78, 5) is 0. The van der Waals surface area contributed by atoms with Crippen LogP contribution < -0.4 is 0 Å². The second kappa shape index (κ2) is 5.95. The summed E-state index contributed by atoms with van der Waals surface area (Å²) in [5.74, 6) is -0.302. The summed E-state index contributed by atoms with van der Waals surface area (Å²) in [5.41, 5.74) is 1.25. The molecule has 0 heterocycles. The van der Waals surface area contributed by atoms with E-state index in [0.29, 0.717) is 5.56 Å². The van der Waals surface area contributed by atoms with Crippen LogP contribution in [0.2, 0.25) is 0 Å². The van der Waals surface area contributed by atoms with Crippen LogP contribution in [0.15, 0.2) is 51.4 Å². The van der Waals surface area contributed by atoms with Crippen molar-refractivity contribution < 1.29 is 9.50 Å². The third-order valence-corrected chi connectivity index (χ3v) is 3.90. The normalized spacial score (nSPS) is 12.4. The zero-order chi connectivity index (χ0) is 13.1. The molecular weight excluding hydrogens is 363 g/mol. The van der Waals surface area contributed by atoms with E-state index in [2.05, 4.69) is 31.9 Å². The summed E-state index contributed by atoms with van der Waals surface area (Å²) in [5, 5.41) is 10.2. The molecule has 1 atom stereocenters. The summed E-state index contributed by atoms with van der Waals surface area (Å²) >= 11 is 6.68. The topological polar surface area (TPSA) is 20.2 Å². The molecule has 0 fully saturated rings. The van der Waals surface area contributed by atoms with Crippen LogP contribution in [0.4, 0.5) is 4.39 Å². The molecule has 0 spiro atoms. The Bertz CT molecular complexity index is 557. The zero-order valence-corrected chi connectivity index (χ0v) is 12.6. The van der Waals surface area contributed by atoms with Gasteiger partial charge in [-0.3, -0.25) is 0 Å². The Kier molecular flexibility index (Phi) is 4.54. The van der Waals surface area contributed by atoms with Gasteiger partial charge in [-0.05, 0) is 35.4 Å². The molecule has 0 radical (unpaired) electrons. The van der Waals surface area contributed by atoms with Gasteiger partial charge in [0.25, 0.3) is 0 Å². The highest BCUT2D eigenvalue weighted by molar-refractivity contribution is 9.10. The van der Waals surface area contributed by atoms with Gasteiger partial charge in [0.15, 0.2) is 0 Å². The minimum Gasteiger partial charge on any atom is -0.388 e. The van der Waals surface area contributed by atoms with E-state index in [1.165, 1.54) is 6.07 Å². The molecule has 0 bridgehead atoms. The van der Waals surface area contributed by atoms with Gasteiger partial charge in [-0.25, -0.2) is 4.39 Å². The summed E-state index contributed by atoms with van der Waals surface area (Å²) in [6.07, 6.45) is -0.488. The van der Waals surface area contributed by atoms with Crippen LogP contribution in [-0.4, -0.2) is 5.11 Å². The molecule has 0 aliphatic heterocycles. The third-order valence-electron chi connectivity index (χ3n) is 2.69. The monoisotopic (exact) mass is 372 g/mol. The zero-order valence-electron chi connectivity index (χ0n) is 9.41. The second-order valence-corrected chi connectivity index (χ2v) is 5.75. The molecule has 4 heteroatoms. The van der Waals surface area contributed by atoms with Crippen molar-refractivity contribution in [3.63, 3.8) is 0 Å². The fourth-order valence-electron chi connectivity index (χ4n) is 1.76. The van der Waals surface area contributed by atoms with E-state index in [1.54, 1.807) is 12.1 Å². The van der Waals surface area contributed by atoms with Crippen molar-refractivity contribution in [3.05, 3.63) is 68.4 Å². The van der Waals surface area contributed by atoms with Crippen LogP contribution in [-0.2, 0) is 6.42 Å². The van der Waals surface area contributed by atoms with Gasteiger partial charge in [0, 0.05) is 15.4 Å². The van der Waals surface area contributed by atoms with Crippen LogP contribution >= 0.6 is 31.9 Å². The highest BCUT2D eigenvalue weighted by atomic mass is 79.9. The van der Waals surface area contributed by atoms with E-state index < -0.39 is 6.10 Å². The Morgan fingerprint density at radius 3 is 2.56 bits per heavy atom. The summed E-state index contributed by atoms with van der Waals surface area (Å²) in [6.45, 7) is 0. The minimum absolute atomic E-state index is 0.244. The van der Waals surface area contributed by atoms with Crippen molar-refractivity contribution in [1.82, 2.24) is 0 Å². The number of rotatable bonds is 3. The molecule has 94 valence electrons. The van der Waals surface area contributed by atoms with Gasteiger partial charge in [0.05, 0.1) is 6.10 Å². The van der Waals surface area contributed by atoms with Gasteiger partial charge in [0.1, 0.15) is 5.82 Å². The molecular formula is C14H11Br2FO. The molecule has 0 amide bonds. The smallest absolute Gasteiger partial charge is 0.126 e. The highest BCUT2D eigenvalue weighted by Crippen LogP contribution is 2.27. The lowest BCUT2D eigenvalue weighted by molar-refractivity contribution is 0.176. The third kappa shape index (κ3) is 3.19. The molecule has 2 rings (SSSR count). The maximum Gasteiger partial charge on any atom is 0.126 e. The first-order valence-corrected chi connectivity index (χ1v) is 7.03. The first-order chi connectivity index (χ1) is 8.58. The minimum atomic E-state index is -0.732. The van der Waals surface area contributed by atoms with Crippen molar-refractivity contribution in [3.8, 4) is 0 Å². The van der Waals surface area contributed by atoms with Crippen LogP contribution in [0.3, 0.4) is 0 Å². The van der Waals surface area contributed by atoms with Gasteiger partial charge in [-0.2, -0.15) is 0 Å². The van der Waals surface area contributed by atoms with Crippen LogP contribution in [0.25, 0.3) is 0 Å². The lowest BCUT2D eigenvalue weighted by atomic mass is 10.0. The number of halogens is 3. The summed E-state index contributed by atoms with van der Waals surface area (Å²) in [7, 11) is 0. The van der Waals surface area contributed by atoms with Crippen molar-refractivity contribution in [2.45, 2.75) is 12.5 Å². The lowest BCUT2D eigenvalue weighted by Gasteiger charge is -2.13. The van der Waals surface area contributed by atoms with Gasteiger partial charge < -0.3 is 5.11 Å². The molecule has 0 aliphatic carbocycles. The standard InChI is InChI=1S/C14H11Br2FO/c15-10-5-6-13(17)9(7-10)8-14(18)11-3-1-2-4-12(11)16/h1-7,14,18H,8H2. The molecule has 2 aromatic carbocycles. The first kappa shape index (κ1) is 13.7. The predicted octanol–water partition coefficient (Wildman–Crippen LogP) is 4.63. The molecule has 1 nitrogen and oxygen atoms in total. The van der Waals surface area contributed by atoms with E-state index in [4.69, 9.17) is 0 Å². The maximum atomic E-state index is 13.6. The fraction of sp³-hybridized carbons (Fsp3) is 0.143. The molecule has 0 aromatic heterocycles. The number of aliphatic hydroxyl groups is 1. The quantitative estimate of drug-likeness (QED) is 0.831. The molecule has 1 N–H and O–H groups in total. The molecule has 0 saturated carbocycles. The van der Waals surface area contributed by atoms with Gasteiger partial charge in [0.2, 0.25) is 0 Å². The van der Waals surface area contributed by atoms with Gasteiger partial charge in [-0.1, -0.05) is 50.1 Å². The predicted molar refractivity (Wildman–Crippen MR) is 76.9 cm³/mol. The number of hydrogen-bond donors (Lipinski definition) is 1. The molecule has 18 heavy (non-hydrogen) atoms. The van der Waals surface area contributed by atoms with Gasteiger partial charge >= 0.3 is 0 Å². The van der Waals surface area contributed by atoms with E-state index in [1.807, 2.05) is 24.3 Å². The van der Waals surface area contributed by atoms with Crippen molar-refractivity contribution in [2.24, 2.45) is 0 Å². The van der Waals surface area contributed by atoms with E-state index in [0.717, 1.165) is 14.5 Å². The average Bonchev–Trinajstić information content (AvgIpc) is 2.34. The Labute approximate surface area is 122 Å². The average molecular weight is 374 g/mol. The molecule has 1 unspecified atom stereocenters. The Balaban J connectivity index is 2.24. The fourth-order valence-corrected chi connectivity index (χ4v) is 2.72. The van der Waals surface area contributed by atoms with Crippen molar-refractivity contribution in [2.75, 3.05) is 0 Å². The van der Waals surface area contributed by atoms with Crippen LogP contribution in [0, 0.1) is 5.82 Å². The highest BCUT2D eigenvalue weighted by Gasteiger charge is 2.14. The molecule has 0 saturated heterocycles. The Morgan fingerprint density at radius 2 is 1.83 bits per heavy atom.